The Balaban J connectivity index is -0.0000000750. The Bertz CT molecular complexity index is 22.5. The standard InChI is InChI=1S/C5H10.CHO.Ce/c1-3-5-4-2;1-2;/h1-5H2;1H;/q-2;-1;+3. The van der Waals surface area contributed by atoms with E-state index in [4.69, 9.17) is 4.79 Å². The van der Waals surface area contributed by atoms with Gasteiger partial charge in [0.05, 0.1) is 0 Å². The van der Waals surface area contributed by atoms with Gasteiger partial charge in [-0.2, -0.15) is 12.8 Å². The zero-order chi connectivity index (χ0) is 6.12. The molecular formula is C6H11CeO. The molecule has 1 nitrogen and oxygen atoms in total. The fourth-order valence-electron chi connectivity index (χ4n) is 0.177. The number of hydrogen-bond donors (Lipinski definition) is 0. The van der Waals surface area contributed by atoms with Gasteiger partial charge < -0.3 is 18.6 Å². The number of hydrogen-bond acceptors (Lipinski definition) is 1. The van der Waals surface area contributed by atoms with Crippen LogP contribution in [0, 0.1) is 55.6 Å². The summed E-state index contributed by atoms with van der Waals surface area (Å²) in [6.07, 6.45) is 3.23. The molecule has 0 fully saturated rings. The van der Waals surface area contributed by atoms with Gasteiger partial charge in [0.15, 0.2) is 0 Å². The first-order valence-corrected chi connectivity index (χ1v) is 2.24. The van der Waals surface area contributed by atoms with Crippen LogP contribution in [0.4, 0.5) is 0 Å². The second-order valence-electron chi connectivity index (χ2n) is 1.06. The van der Waals surface area contributed by atoms with Crippen molar-refractivity contribution in [1.82, 2.24) is 0 Å². The molecule has 2 heteroatoms. The van der Waals surface area contributed by atoms with Crippen molar-refractivity contribution in [3.05, 3.63) is 13.8 Å². The van der Waals surface area contributed by atoms with Gasteiger partial charge in [0, 0.05) is 0 Å². The topological polar surface area (TPSA) is 17.1 Å². The van der Waals surface area contributed by atoms with E-state index < -0.39 is 0 Å². The SMILES string of the molecule is [CH-]=O.[CH2-]CCC[CH2-].[Ce+3]. The van der Waals surface area contributed by atoms with Crippen LogP contribution in [0.15, 0.2) is 0 Å². The first kappa shape index (κ1) is 16.0. The van der Waals surface area contributed by atoms with Crippen molar-refractivity contribution in [3.8, 4) is 0 Å². The molecule has 1 radical (unpaired) electrons. The van der Waals surface area contributed by atoms with Crippen LogP contribution in [-0.2, 0) is 4.79 Å². The van der Waals surface area contributed by atoms with Crippen LogP contribution >= 0.6 is 0 Å². The maximum absolute atomic E-state index is 7.75. The van der Waals surface area contributed by atoms with Crippen LogP contribution in [0.3, 0.4) is 0 Å². The molecule has 0 aromatic rings. The first-order valence-electron chi connectivity index (χ1n) is 2.24. The Kier molecular flexibility index (Phi) is 48.9. The van der Waals surface area contributed by atoms with E-state index in [0.717, 1.165) is 12.8 Å². The Morgan fingerprint density at radius 2 is 1.38 bits per heavy atom. The summed E-state index contributed by atoms with van der Waals surface area (Å²) in [6.45, 7) is 10.5. The average Bonchev–Trinajstić information content (AvgIpc) is 1.75. The smallest absolute Gasteiger partial charge is 0.545 e. The van der Waals surface area contributed by atoms with E-state index in [9.17, 15) is 0 Å². The zero-order valence-electron chi connectivity index (χ0n) is 5.02. The Hall–Kier alpha value is 1.05. The summed E-state index contributed by atoms with van der Waals surface area (Å²) in [5.41, 5.74) is 0. The molecule has 0 aliphatic heterocycles. The Morgan fingerprint density at radius 3 is 1.38 bits per heavy atom. The number of rotatable bonds is 2. The van der Waals surface area contributed by atoms with E-state index in [2.05, 4.69) is 20.6 Å². The van der Waals surface area contributed by atoms with Gasteiger partial charge in [-0.3, -0.25) is 6.79 Å². The number of unbranched alkanes of at least 4 members (excludes halogenated alkanes) is 2. The molecular weight excluding hydrogens is 228 g/mol. The van der Waals surface area contributed by atoms with E-state index in [1.54, 1.807) is 0 Å². The van der Waals surface area contributed by atoms with Crippen molar-refractivity contribution < 1.29 is 46.5 Å². The van der Waals surface area contributed by atoms with Crippen molar-refractivity contribution in [2.24, 2.45) is 0 Å². The second kappa shape index (κ2) is 24.4. The first-order chi connectivity index (χ1) is 3.41. The third kappa shape index (κ3) is 27.8. The van der Waals surface area contributed by atoms with Crippen molar-refractivity contribution >= 4 is 6.79 Å². The molecule has 8 heavy (non-hydrogen) atoms. The molecule has 0 spiro atoms. The molecule has 0 rings (SSSR count). The van der Waals surface area contributed by atoms with Crippen LogP contribution in [0.2, 0.25) is 0 Å². The normalized spacial score (nSPS) is 5.75. The maximum atomic E-state index is 7.75. The summed E-state index contributed by atoms with van der Waals surface area (Å²) in [7, 11) is 0. The Labute approximate surface area is 85.6 Å². The third-order valence-electron chi connectivity index (χ3n) is 0.500. The van der Waals surface area contributed by atoms with Gasteiger partial charge in [-0.1, -0.05) is 0 Å². The molecule has 0 atom stereocenters. The molecule has 0 heterocycles. The van der Waals surface area contributed by atoms with Gasteiger partial charge in [0.1, 0.15) is 0 Å². The van der Waals surface area contributed by atoms with E-state index in [1.165, 1.54) is 6.42 Å². The average molecular weight is 239 g/mol. The van der Waals surface area contributed by atoms with Gasteiger partial charge in [0.2, 0.25) is 0 Å². The quantitative estimate of drug-likeness (QED) is 0.528. The number of carbonyl (C=O) groups excluding carboxylic acids is 1. The van der Waals surface area contributed by atoms with Gasteiger partial charge in [0.25, 0.3) is 0 Å². The molecule has 0 aliphatic rings. The summed E-state index contributed by atoms with van der Waals surface area (Å²) >= 11 is 0. The molecule has 0 saturated heterocycles. The molecule has 0 N–H and O–H groups in total. The minimum atomic E-state index is 0. The molecule has 0 aliphatic carbocycles. The fourth-order valence-corrected chi connectivity index (χ4v) is 0.177. The van der Waals surface area contributed by atoms with Crippen LogP contribution in [-0.4, -0.2) is 6.79 Å². The van der Waals surface area contributed by atoms with Crippen LogP contribution in [0.5, 0.6) is 0 Å². The minimum Gasteiger partial charge on any atom is -0.545 e. The van der Waals surface area contributed by atoms with Crippen molar-refractivity contribution in [1.29, 1.82) is 0 Å². The summed E-state index contributed by atoms with van der Waals surface area (Å²) in [4.78, 5) is 7.75. The van der Waals surface area contributed by atoms with Gasteiger partial charge in [-0.15, -0.1) is 6.42 Å². The molecule has 0 unspecified atom stereocenters. The van der Waals surface area contributed by atoms with E-state index >= 15 is 0 Å². The second-order valence-corrected chi connectivity index (χ2v) is 1.06. The van der Waals surface area contributed by atoms with Crippen LogP contribution in [0.1, 0.15) is 19.3 Å². The Morgan fingerprint density at radius 1 is 1.12 bits per heavy atom. The zero-order valence-corrected chi connectivity index (χ0v) is 8.16. The van der Waals surface area contributed by atoms with Crippen LogP contribution < -0.4 is 0 Å². The molecule has 0 aromatic heterocycles. The summed E-state index contributed by atoms with van der Waals surface area (Å²) in [5.74, 6) is 0. The largest absolute Gasteiger partial charge is 3.00 e. The summed E-state index contributed by atoms with van der Waals surface area (Å²) in [5, 5.41) is 0. The van der Waals surface area contributed by atoms with Crippen LogP contribution in [0.25, 0.3) is 0 Å². The predicted molar refractivity (Wildman–Crippen MR) is 31.3 cm³/mol. The third-order valence-corrected chi connectivity index (χ3v) is 0.500. The molecule has 45 valence electrons. The van der Waals surface area contributed by atoms with Crippen molar-refractivity contribution in [3.63, 3.8) is 0 Å². The van der Waals surface area contributed by atoms with Crippen molar-refractivity contribution in [2.75, 3.05) is 0 Å². The molecule has 0 aromatic carbocycles. The monoisotopic (exact) mass is 239 g/mol. The van der Waals surface area contributed by atoms with Gasteiger partial charge >= 0.3 is 41.7 Å². The van der Waals surface area contributed by atoms with E-state index in [-0.39, 0.29) is 41.7 Å². The van der Waals surface area contributed by atoms with E-state index in [0.29, 0.717) is 0 Å². The van der Waals surface area contributed by atoms with Crippen molar-refractivity contribution in [2.45, 2.75) is 19.3 Å². The van der Waals surface area contributed by atoms with Gasteiger partial charge in [-0.05, 0) is 0 Å². The summed E-state index contributed by atoms with van der Waals surface area (Å²) < 4.78 is 0. The van der Waals surface area contributed by atoms with Gasteiger partial charge in [-0.25, -0.2) is 0 Å². The predicted octanol–water partition coefficient (Wildman–Crippen LogP) is 1.55. The summed E-state index contributed by atoms with van der Waals surface area (Å²) in [6, 6.07) is 0. The molecule has 0 saturated carbocycles. The molecule has 0 bridgehead atoms. The maximum Gasteiger partial charge on any atom is 3.00 e. The van der Waals surface area contributed by atoms with E-state index in [1.807, 2.05) is 0 Å². The fraction of sp³-hybridized carbons (Fsp3) is 0.500. The minimum absolute atomic E-state index is 0. The molecule has 0 amide bonds.